The zero-order chi connectivity index (χ0) is 13.1. The summed E-state index contributed by atoms with van der Waals surface area (Å²) in [7, 11) is 0. The van der Waals surface area contributed by atoms with Crippen LogP contribution in [0.25, 0.3) is 0 Å². The summed E-state index contributed by atoms with van der Waals surface area (Å²) < 4.78 is 6.65. The Kier molecular flexibility index (Phi) is 3.80. The SMILES string of the molecule is Brc1cncc(Oc2ccc(CNC3CC3)cc2)c1. The van der Waals surface area contributed by atoms with Gasteiger partial charge in [-0.15, -0.1) is 0 Å². The fourth-order valence-corrected chi connectivity index (χ4v) is 2.15. The van der Waals surface area contributed by atoms with E-state index in [2.05, 4.69) is 38.4 Å². The largest absolute Gasteiger partial charge is 0.456 e. The monoisotopic (exact) mass is 318 g/mol. The van der Waals surface area contributed by atoms with Gasteiger partial charge in [0.1, 0.15) is 11.5 Å². The van der Waals surface area contributed by atoms with Crippen LogP contribution in [0.5, 0.6) is 11.5 Å². The van der Waals surface area contributed by atoms with Crippen LogP contribution in [0.4, 0.5) is 0 Å². The van der Waals surface area contributed by atoms with Crippen molar-refractivity contribution in [2.45, 2.75) is 25.4 Å². The first kappa shape index (κ1) is 12.6. The van der Waals surface area contributed by atoms with E-state index in [-0.39, 0.29) is 0 Å². The summed E-state index contributed by atoms with van der Waals surface area (Å²) in [4.78, 5) is 4.07. The number of hydrogen-bond acceptors (Lipinski definition) is 3. The van der Waals surface area contributed by atoms with E-state index in [9.17, 15) is 0 Å². The van der Waals surface area contributed by atoms with Crippen molar-refractivity contribution in [3.05, 3.63) is 52.8 Å². The summed E-state index contributed by atoms with van der Waals surface area (Å²) >= 11 is 3.38. The van der Waals surface area contributed by atoms with Gasteiger partial charge in [-0.2, -0.15) is 0 Å². The van der Waals surface area contributed by atoms with E-state index < -0.39 is 0 Å². The Morgan fingerprint density at radius 1 is 1.16 bits per heavy atom. The lowest BCUT2D eigenvalue weighted by atomic mass is 10.2. The molecule has 0 bridgehead atoms. The van der Waals surface area contributed by atoms with Crippen LogP contribution in [-0.2, 0) is 6.54 Å². The molecule has 1 N–H and O–H groups in total. The van der Waals surface area contributed by atoms with E-state index in [1.807, 2.05) is 18.2 Å². The number of rotatable bonds is 5. The molecule has 0 radical (unpaired) electrons. The minimum absolute atomic E-state index is 0.734. The van der Waals surface area contributed by atoms with E-state index >= 15 is 0 Å². The average molecular weight is 319 g/mol. The highest BCUT2D eigenvalue weighted by Gasteiger charge is 2.19. The standard InChI is InChI=1S/C15H15BrN2O/c16-12-7-15(10-17-9-12)19-14-5-1-11(2-6-14)8-18-13-3-4-13/h1-2,5-7,9-10,13,18H,3-4,8H2. The minimum atomic E-state index is 0.734. The van der Waals surface area contributed by atoms with Gasteiger partial charge in [0, 0.05) is 23.3 Å². The van der Waals surface area contributed by atoms with Crippen LogP contribution in [0.15, 0.2) is 47.2 Å². The van der Waals surface area contributed by atoms with Crippen molar-refractivity contribution in [3.8, 4) is 11.5 Å². The molecule has 1 fully saturated rings. The second-order valence-corrected chi connectivity index (χ2v) is 5.66. The molecule has 19 heavy (non-hydrogen) atoms. The normalized spacial score (nSPS) is 14.4. The van der Waals surface area contributed by atoms with Crippen molar-refractivity contribution in [1.82, 2.24) is 10.3 Å². The molecule has 1 aromatic heterocycles. The molecule has 0 atom stereocenters. The molecule has 1 saturated carbocycles. The van der Waals surface area contributed by atoms with Gasteiger partial charge in [0.2, 0.25) is 0 Å². The molecule has 4 heteroatoms. The number of ether oxygens (including phenoxy) is 1. The molecule has 1 heterocycles. The Bertz CT molecular complexity index is 552. The summed E-state index contributed by atoms with van der Waals surface area (Å²) in [6.07, 6.45) is 6.07. The van der Waals surface area contributed by atoms with Gasteiger partial charge in [0.25, 0.3) is 0 Å². The van der Waals surface area contributed by atoms with Gasteiger partial charge in [0.05, 0.1) is 6.20 Å². The lowest BCUT2D eigenvalue weighted by molar-refractivity contribution is 0.479. The van der Waals surface area contributed by atoms with Gasteiger partial charge in [0.15, 0.2) is 0 Å². The zero-order valence-corrected chi connectivity index (χ0v) is 12.1. The number of nitrogens with zero attached hydrogens (tertiary/aromatic N) is 1. The molecule has 2 aromatic rings. The van der Waals surface area contributed by atoms with Crippen molar-refractivity contribution in [2.75, 3.05) is 0 Å². The smallest absolute Gasteiger partial charge is 0.146 e. The molecule has 1 aliphatic carbocycles. The number of nitrogens with one attached hydrogen (secondary N) is 1. The topological polar surface area (TPSA) is 34.1 Å². The van der Waals surface area contributed by atoms with E-state index in [0.717, 1.165) is 28.6 Å². The second kappa shape index (κ2) is 5.72. The van der Waals surface area contributed by atoms with Gasteiger partial charge < -0.3 is 10.1 Å². The molecular weight excluding hydrogens is 304 g/mol. The van der Waals surface area contributed by atoms with Gasteiger partial charge >= 0.3 is 0 Å². The van der Waals surface area contributed by atoms with Crippen LogP contribution in [0.2, 0.25) is 0 Å². The number of pyridine rings is 1. The van der Waals surface area contributed by atoms with E-state index in [0.29, 0.717) is 0 Å². The van der Waals surface area contributed by atoms with E-state index in [1.165, 1.54) is 18.4 Å². The highest BCUT2D eigenvalue weighted by Crippen LogP contribution is 2.24. The maximum atomic E-state index is 5.74. The number of aromatic nitrogens is 1. The van der Waals surface area contributed by atoms with Gasteiger partial charge in [-0.1, -0.05) is 12.1 Å². The van der Waals surface area contributed by atoms with Gasteiger partial charge in [-0.05, 0) is 52.5 Å². The van der Waals surface area contributed by atoms with Crippen LogP contribution in [0.3, 0.4) is 0 Å². The fourth-order valence-electron chi connectivity index (χ4n) is 1.81. The minimum Gasteiger partial charge on any atom is -0.456 e. The Labute approximate surface area is 121 Å². The van der Waals surface area contributed by atoms with Crippen molar-refractivity contribution in [1.29, 1.82) is 0 Å². The molecule has 0 amide bonds. The molecule has 98 valence electrons. The third kappa shape index (κ3) is 3.78. The molecule has 3 nitrogen and oxygen atoms in total. The molecule has 0 unspecified atom stereocenters. The Morgan fingerprint density at radius 2 is 1.95 bits per heavy atom. The van der Waals surface area contributed by atoms with Crippen LogP contribution < -0.4 is 10.1 Å². The van der Waals surface area contributed by atoms with Gasteiger partial charge in [-0.25, -0.2) is 0 Å². The highest BCUT2D eigenvalue weighted by atomic mass is 79.9. The van der Waals surface area contributed by atoms with E-state index in [4.69, 9.17) is 4.74 Å². The van der Waals surface area contributed by atoms with Crippen LogP contribution >= 0.6 is 15.9 Å². The third-order valence-corrected chi connectivity index (χ3v) is 3.44. The van der Waals surface area contributed by atoms with Crippen molar-refractivity contribution >= 4 is 15.9 Å². The summed E-state index contributed by atoms with van der Waals surface area (Å²) in [5, 5.41) is 3.49. The maximum absolute atomic E-state index is 5.74. The summed E-state index contributed by atoms with van der Waals surface area (Å²) in [5.41, 5.74) is 1.28. The lowest BCUT2D eigenvalue weighted by Crippen LogP contribution is -2.14. The third-order valence-electron chi connectivity index (χ3n) is 3.01. The molecule has 0 spiro atoms. The van der Waals surface area contributed by atoms with Crippen LogP contribution in [0, 0.1) is 0 Å². The first-order valence-corrected chi connectivity index (χ1v) is 7.19. The zero-order valence-electron chi connectivity index (χ0n) is 10.5. The van der Waals surface area contributed by atoms with Crippen molar-refractivity contribution in [2.24, 2.45) is 0 Å². The molecular formula is C15H15BrN2O. The van der Waals surface area contributed by atoms with E-state index in [1.54, 1.807) is 12.4 Å². The fraction of sp³-hybridized carbons (Fsp3) is 0.267. The summed E-state index contributed by atoms with van der Waals surface area (Å²) in [6, 6.07) is 10.8. The van der Waals surface area contributed by atoms with Crippen molar-refractivity contribution in [3.63, 3.8) is 0 Å². The highest BCUT2D eigenvalue weighted by molar-refractivity contribution is 9.10. The Hall–Kier alpha value is -1.39. The van der Waals surface area contributed by atoms with Gasteiger partial charge in [-0.3, -0.25) is 4.98 Å². The van der Waals surface area contributed by atoms with Crippen molar-refractivity contribution < 1.29 is 4.74 Å². The Morgan fingerprint density at radius 3 is 2.63 bits per heavy atom. The molecule has 1 aromatic carbocycles. The predicted molar refractivity (Wildman–Crippen MR) is 78.3 cm³/mol. The summed E-state index contributed by atoms with van der Waals surface area (Å²) in [6.45, 7) is 0.934. The average Bonchev–Trinajstić information content (AvgIpc) is 3.22. The molecule has 0 saturated heterocycles. The number of benzene rings is 1. The van der Waals surface area contributed by atoms with Crippen LogP contribution in [0.1, 0.15) is 18.4 Å². The summed E-state index contributed by atoms with van der Waals surface area (Å²) in [5.74, 6) is 1.56. The van der Waals surface area contributed by atoms with Crippen LogP contribution in [-0.4, -0.2) is 11.0 Å². The quantitative estimate of drug-likeness (QED) is 0.908. The predicted octanol–water partition coefficient (Wildman–Crippen LogP) is 3.89. The first-order valence-electron chi connectivity index (χ1n) is 6.40. The number of halogens is 1. The molecule has 0 aliphatic heterocycles. The molecule has 1 aliphatic rings. The lowest BCUT2D eigenvalue weighted by Gasteiger charge is -2.07. The number of hydrogen-bond donors (Lipinski definition) is 1. The Balaban J connectivity index is 1.61. The second-order valence-electron chi connectivity index (χ2n) is 4.74. The molecule has 3 rings (SSSR count). The maximum Gasteiger partial charge on any atom is 0.146 e. The first-order chi connectivity index (χ1) is 9.29.